The van der Waals surface area contributed by atoms with Crippen LogP contribution in [-0.2, 0) is 4.79 Å². The molecule has 0 atom stereocenters. The third-order valence-corrected chi connectivity index (χ3v) is 6.61. The zero-order chi connectivity index (χ0) is 23.9. The molecule has 0 radical (unpaired) electrons. The van der Waals surface area contributed by atoms with E-state index in [0.29, 0.717) is 16.6 Å². The Hall–Kier alpha value is -3.26. The number of halogens is 2. The Morgan fingerprint density at radius 2 is 1.88 bits per heavy atom. The van der Waals surface area contributed by atoms with Crippen LogP contribution in [-0.4, -0.2) is 24.6 Å². The van der Waals surface area contributed by atoms with Gasteiger partial charge in [-0.3, -0.25) is 10.1 Å². The highest BCUT2D eigenvalue weighted by atomic mass is 32.1. The van der Waals surface area contributed by atoms with Crippen molar-refractivity contribution >= 4 is 28.5 Å². The summed E-state index contributed by atoms with van der Waals surface area (Å²) in [5.41, 5.74) is 3.83. The van der Waals surface area contributed by atoms with Gasteiger partial charge in [-0.05, 0) is 48.1 Å². The fraction of sp³-hybridized carbons (Fsp3) is 0.308. The van der Waals surface area contributed by atoms with E-state index >= 15 is 0 Å². The third kappa shape index (κ3) is 6.20. The van der Waals surface area contributed by atoms with Crippen molar-refractivity contribution in [1.29, 1.82) is 0 Å². The summed E-state index contributed by atoms with van der Waals surface area (Å²) in [4.78, 5) is 16.9. The average molecular weight is 485 g/mol. The highest BCUT2D eigenvalue weighted by Crippen LogP contribution is 2.34. The number of hydrogen-bond acceptors (Lipinski definition) is 5. The van der Waals surface area contributed by atoms with Crippen molar-refractivity contribution in [2.75, 3.05) is 12.4 Å². The van der Waals surface area contributed by atoms with E-state index in [4.69, 9.17) is 4.74 Å². The first kappa shape index (κ1) is 23.9. The van der Waals surface area contributed by atoms with Gasteiger partial charge in [-0.1, -0.05) is 49.6 Å². The van der Waals surface area contributed by atoms with Gasteiger partial charge in [0.2, 0.25) is 5.91 Å². The second kappa shape index (κ2) is 11.2. The zero-order valence-corrected chi connectivity index (χ0v) is 19.6. The van der Waals surface area contributed by atoms with Crippen LogP contribution in [0.3, 0.4) is 0 Å². The Morgan fingerprint density at radius 3 is 2.59 bits per heavy atom. The predicted molar refractivity (Wildman–Crippen MR) is 131 cm³/mol. The lowest BCUT2D eigenvalue weighted by Gasteiger charge is -2.22. The lowest BCUT2D eigenvalue weighted by molar-refractivity contribution is -0.111. The molecule has 0 spiro atoms. The lowest BCUT2D eigenvalue weighted by atomic mass is 9.84. The molecule has 4 rings (SSSR count). The zero-order valence-electron chi connectivity index (χ0n) is 18.8. The number of methoxy groups -OCH3 is 1. The van der Waals surface area contributed by atoms with E-state index in [1.54, 1.807) is 12.1 Å². The molecule has 0 bridgehead atoms. The third-order valence-electron chi connectivity index (χ3n) is 5.85. The van der Waals surface area contributed by atoms with Crippen molar-refractivity contribution < 1.29 is 23.0 Å². The summed E-state index contributed by atoms with van der Waals surface area (Å²) in [5, 5.41) is 5.18. The van der Waals surface area contributed by atoms with Gasteiger partial charge in [0.05, 0.1) is 12.8 Å². The van der Waals surface area contributed by atoms with Gasteiger partial charge in [0.25, 0.3) is 0 Å². The fourth-order valence-electron chi connectivity index (χ4n) is 4.13. The summed E-state index contributed by atoms with van der Waals surface area (Å²) in [6.07, 6.45) is 9.39. The molecule has 0 saturated heterocycles. The van der Waals surface area contributed by atoms with Gasteiger partial charge in [0.1, 0.15) is 0 Å². The average Bonchev–Trinajstić information content (AvgIpc) is 3.32. The van der Waals surface area contributed by atoms with Crippen molar-refractivity contribution in [3.8, 4) is 22.8 Å². The standard InChI is InChI=1S/C26H26F2N2O3S/c1-32-23-15-17(7-13-22(23)33-25(27)28)8-14-24(31)30-26-29-21(16-34-26)20-11-9-19(10-12-20)18-5-3-2-4-6-18/h7-16,18,25H,2-6H2,1H3,(H,29,30,31)/b14-8+. The van der Waals surface area contributed by atoms with Crippen molar-refractivity contribution in [3.63, 3.8) is 0 Å². The van der Waals surface area contributed by atoms with Gasteiger partial charge in [-0.25, -0.2) is 4.98 Å². The predicted octanol–water partition coefficient (Wildman–Crippen LogP) is 7.12. The van der Waals surface area contributed by atoms with Crippen molar-refractivity contribution in [1.82, 2.24) is 4.98 Å². The van der Waals surface area contributed by atoms with Crippen LogP contribution in [0.15, 0.2) is 53.9 Å². The van der Waals surface area contributed by atoms with E-state index in [1.807, 2.05) is 5.38 Å². The summed E-state index contributed by atoms with van der Waals surface area (Å²) in [5.74, 6) is 0.399. The Labute approximate surface area is 201 Å². The van der Waals surface area contributed by atoms with Crippen molar-refractivity contribution in [2.45, 2.75) is 44.6 Å². The highest BCUT2D eigenvalue weighted by molar-refractivity contribution is 7.14. The number of alkyl halides is 2. The second-order valence-corrected chi connectivity index (χ2v) is 8.96. The van der Waals surface area contributed by atoms with E-state index in [-0.39, 0.29) is 17.4 Å². The molecule has 1 saturated carbocycles. The minimum absolute atomic E-state index is 0.0683. The van der Waals surface area contributed by atoms with Crippen LogP contribution >= 0.6 is 11.3 Å². The van der Waals surface area contributed by atoms with Crippen LogP contribution in [0.4, 0.5) is 13.9 Å². The molecule has 1 fully saturated rings. The first-order valence-corrected chi connectivity index (χ1v) is 12.1. The maximum Gasteiger partial charge on any atom is 0.387 e. The molecule has 0 aliphatic heterocycles. The molecule has 1 aliphatic carbocycles. The van der Waals surface area contributed by atoms with Crippen LogP contribution in [0.1, 0.15) is 49.1 Å². The highest BCUT2D eigenvalue weighted by Gasteiger charge is 2.16. The second-order valence-electron chi connectivity index (χ2n) is 8.11. The maximum atomic E-state index is 12.5. The smallest absolute Gasteiger partial charge is 0.387 e. The molecule has 1 aromatic heterocycles. The number of ether oxygens (including phenoxy) is 2. The van der Waals surface area contributed by atoms with E-state index in [9.17, 15) is 13.6 Å². The van der Waals surface area contributed by atoms with Gasteiger partial charge in [0.15, 0.2) is 16.6 Å². The minimum atomic E-state index is -2.95. The molecule has 1 N–H and O–H groups in total. The maximum absolute atomic E-state index is 12.5. The minimum Gasteiger partial charge on any atom is -0.493 e. The molecule has 34 heavy (non-hydrogen) atoms. The topological polar surface area (TPSA) is 60.5 Å². The monoisotopic (exact) mass is 484 g/mol. The van der Waals surface area contributed by atoms with Gasteiger partial charge in [-0.2, -0.15) is 8.78 Å². The Morgan fingerprint density at radius 1 is 1.12 bits per heavy atom. The Balaban J connectivity index is 1.36. The Kier molecular flexibility index (Phi) is 7.90. The van der Waals surface area contributed by atoms with Gasteiger partial charge < -0.3 is 9.47 Å². The quantitative estimate of drug-likeness (QED) is 0.346. The normalized spacial score (nSPS) is 14.5. The number of amides is 1. The molecule has 1 aliphatic rings. The van der Waals surface area contributed by atoms with E-state index in [0.717, 1.165) is 11.3 Å². The van der Waals surface area contributed by atoms with Gasteiger partial charge >= 0.3 is 6.61 Å². The fourth-order valence-corrected chi connectivity index (χ4v) is 4.85. The summed E-state index contributed by atoms with van der Waals surface area (Å²) in [6.45, 7) is -2.95. The number of anilines is 1. The molecule has 2 aromatic carbocycles. The largest absolute Gasteiger partial charge is 0.493 e. The molecule has 8 heteroatoms. The van der Waals surface area contributed by atoms with Gasteiger partial charge in [0, 0.05) is 17.0 Å². The van der Waals surface area contributed by atoms with Crippen LogP contribution in [0.25, 0.3) is 17.3 Å². The number of carbonyl (C=O) groups excluding carboxylic acids is 1. The molecule has 0 unspecified atom stereocenters. The molecular formula is C26H26F2N2O3S. The number of thiazole rings is 1. The molecule has 5 nitrogen and oxygen atoms in total. The van der Waals surface area contributed by atoms with E-state index < -0.39 is 6.61 Å². The van der Waals surface area contributed by atoms with Crippen LogP contribution < -0.4 is 14.8 Å². The lowest BCUT2D eigenvalue weighted by Crippen LogP contribution is -2.07. The van der Waals surface area contributed by atoms with Crippen molar-refractivity contribution in [3.05, 3.63) is 65.0 Å². The number of nitrogens with one attached hydrogen (secondary N) is 1. The van der Waals surface area contributed by atoms with Crippen LogP contribution in [0.5, 0.6) is 11.5 Å². The molecule has 178 valence electrons. The number of carbonyl (C=O) groups is 1. The van der Waals surface area contributed by atoms with E-state index in [2.05, 4.69) is 39.3 Å². The molecule has 1 heterocycles. The Bertz CT molecular complexity index is 1140. The summed E-state index contributed by atoms with van der Waals surface area (Å²) >= 11 is 1.36. The number of nitrogens with zero attached hydrogens (tertiary/aromatic N) is 1. The summed E-state index contributed by atoms with van der Waals surface area (Å²) in [7, 11) is 1.36. The first-order valence-electron chi connectivity index (χ1n) is 11.2. The first-order chi connectivity index (χ1) is 16.5. The number of benzene rings is 2. The SMILES string of the molecule is COc1cc(/C=C/C(=O)Nc2nc(-c3ccc(C4CCCCC4)cc3)cs2)ccc1OC(F)F. The molecule has 3 aromatic rings. The summed E-state index contributed by atoms with van der Waals surface area (Å²) in [6, 6.07) is 13.0. The number of aromatic nitrogens is 1. The van der Waals surface area contributed by atoms with Crippen LogP contribution in [0, 0.1) is 0 Å². The number of rotatable bonds is 8. The summed E-state index contributed by atoms with van der Waals surface area (Å²) < 4.78 is 34.4. The van der Waals surface area contributed by atoms with Crippen molar-refractivity contribution in [2.24, 2.45) is 0 Å². The van der Waals surface area contributed by atoms with Crippen LogP contribution in [0.2, 0.25) is 0 Å². The molecule has 1 amide bonds. The van der Waals surface area contributed by atoms with E-state index in [1.165, 1.54) is 74.3 Å². The number of hydrogen-bond donors (Lipinski definition) is 1. The molecular weight excluding hydrogens is 458 g/mol. The van der Waals surface area contributed by atoms with Gasteiger partial charge in [-0.15, -0.1) is 11.3 Å².